The second-order valence-corrected chi connectivity index (χ2v) is 6.54. The van der Waals surface area contributed by atoms with Gasteiger partial charge in [0.15, 0.2) is 17.3 Å². The van der Waals surface area contributed by atoms with E-state index in [2.05, 4.69) is 5.32 Å². The number of carbonyl (C=O) groups is 2. The second kappa shape index (κ2) is 9.30. The van der Waals surface area contributed by atoms with Crippen LogP contribution in [0.3, 0.4) is 0 Å². The van der Waals surface area contributed by atoms with Crippen LogP contribution in [0.25, 0.3) is 0 Å². The Kier molecular flexibility index (Phi) is 6.57. The number of ether oxygens (including phenoxy) is 2. The normalized spacial score (nSPS) is 14.6. The average Bonchev–Trinajstić information content (AvgIpc) is 3.24. The molecule has 1 aromatic carbocycles. The predicted octanol–water partition coefficient (Wildman–Crippen LogP) is 3.11. The molecule has 3 rings (SSSR count). The first kappa shape index (κ1) is 19.8. The molecule has 7 heteroatoms. The third-order valence-electron chi connectivity index (χ3n) is 4.65. The zero-order valence-electron chi connectivity index (χ0n) is 16.3. The molecule has 1 aliphatic heterocycles. The quantitative estimate of drug-likeness (QED) is 0.791. The Labute approximate surface area is 164 Å². The number of amides is 2. The second-order valence-electron chi connectivity index (χ2n) is 6.54. The van der Waals surface area contributed by atoms with Crippen molar-refractivity contribution in [1.29, 1.82) is 0 Å². The molecule has 0 unspecified atom stereocenters. The molecule has 0 atom stereocenters. The minimum Gasteiger partial charge on any atom is -0.490 e. The lowest BCUT2D eigenvalue weighted by Gasteiger charge is -2.31. The van der Waals surface area contributed by atoms with E-state index in [0.717, 1.165) is 0 Å². The van der Waals surface area contributed by atoms with E-state index in [-0.39, 0.29) is 17.9 Å². The summed E-state index contributed by atoms with van der Waals surface area (Å²) in [6.07, 6.45) is 2.90. The van der Waals surface area contributed by atoms with E-state index in [1.165, 1.54) is 6.26 Å². The molecule has 28 heavy (non-hydrogen) atoms. The number of likely N-dealkylation sites (tertiary alicyclic amines) is 1. The maximum Gasteiger partial charge on any atom is 0.289 e. The van der Waals surface area contributed by atoms with Crippen LogP contribution in [0.4, 0.5) is 0 Å². The number of nitrogens with one attached hydrogen (secondary N) is 1. The molecule has 1 aromatic heterocycles. The van der Waals surface area contributed by atoms with Gasteiger partial charge in [-0.2, -0.15) is 0 Å². The fraction of sp³-hybridized carbons (Fsp3) is 0.429. The molecule has 1 fully saturated rings. The maximum atomic E-state index is 12.6. The van der Waals surface area contributed by atoms with Crippen molar-refractivity contribution < 1.29 is 23.5 Å². The summed E-state index contributed by atoms with van der Waals surface area (Å²) in [7, 11) is 0. The molecular weight excluding hydrogens is 360 g/mol. The topological polar surface area (TPSA) is 81.0 Å². The van der Waals surface area contributed by atoms with Gasteiger partial charge < -0.3 is 24.1 Å². The Bertz CT molecular complexity index is 795. The highest BCUT2D eigenvalue weighted by atomic mass is 16.5. The summed E-state index contributed by atoms with van der Waals surface area (Å²) in [6.45, 7) is 5.98. The van der Waals surface area contributed by atoms with Crippen LogP contribution in [0.15, 0.2) is 41.0 Å². The predicted molar refractivity (Wildman–Crippen MR) is 104 cm³/mol. The van der Waals surface area contributed by atoms with Crippen molar-refractivity contribution in [2.75, 3.05) is 26.3 Å². The van der Waals surface area contributed by atoms with Crippen molar-refractivity contribution in [2.45, 2.75) is 32.7 Å². The lowest BCUT2D eigenvalue weighted by Crippen LogP contribution is -2.46. The minimum atomic E-state index is -0.153. The van der Waals surface area contributed by atoms with Crippen molar-refractivity contribution in [3.63, 3.8) is 0 Å². The van der Waals surface area contributed by atoms with Crippen LogP contribution in [0.2, 0.25) is 0 Å². The molecule has 150 valence electrons. The highest BCUT2D eigenvalue weighted by Gasteiger charge is 2.26. The number of hydrogen-bond acceptors (Lipinski definition) is 5. The van der Waals surface area contributed by atoms with Gasteiger partial charge in [0, 0.05) is 24.7 Å². The molecule has 1 aliphatic rings. The van der Waals surface area contributed by atoms with Gasteiger partial charge in [-0.1, -0.05) is 0 Å². The Morgan fingerprint density at radius 2 is 1.82 bits per heavy atom. The number of carbonyl (C=O) groups excluding carboxylic acids is 2. The van der Waals surface area contributed by atoms with Crippen molar-refractivity contribution in [2.24, 2.45) is 0 Å². The molecule has 7 nitrogen and oxygen atoms in total. The summed E-state index contributed by atoms with van der Waals surface area (Å²) in [5.41, 5.74) is 0.529. The van der Waals surface area contributed by atoms with Gasteiger partial charge in [-0.05, 0) is 57.0 Å². The van der Waals surface area contributed by atoms with Gasteiger partial charge in [0.2, 0.25) is 0 Å². The largest absolute Gasteiger partial charge is 0.490 e. The van der Waals surface area contributed by atoms with Crippen LogP contribution in [0.1, 0.15) is 47.6 Å². The number of piperidine rings is 1. The molecule has 2 aromatic rings. The third kappa shape index (κ3) is 4.65. The van der Waals surface area contributed by atoms with Crippen LogP contribution in [-0.4, -0.2) is 49.1 Å². The van der Waals surface area contributed by atoms with E-state index in [9.17, 15) is 9.59 Å². The molecule has 0 saturated carbocycles. The number of nitrogens with zero attached hydrogens (tertiary/aromatic N) is 1. The SMILES string of the molecule is CCOc1ccc(C(=O)NC2CCN(C(=O)c3ccco3)CC2)cc1OCC. The summed E-state index contributed by atoms with van der Waals surface area (Å²) in [6, 6.07) is 8.59. The van der Waals surface area contributed by atoms with E-state index in [1.807, 2.05) is 13.8 Å². The fourth-order valence-corrected chi connectivity index (χ4v) is 3.24. The number of rotatable bonds is 7. The lowest BCUT2D eigenvalue weighted by molar-refractivity contribution is 0.0667. The molecular formula is C21H26N2O5. The minimum absolute atomic E-state index is 0.0234. The van der Waals surface area contributed by atoms with E-state index >= 15 is 0 Å². The summed E-state index contributed by atoms with van der Waals surface area (Å²) in [4.78, 5) is 26.7. The third-order valence-corrected chi connectivity index (χ3v) is 4.65. The van der Waals surface area contributed by atoms with Gasteiger partial charge in [-0.15, -0.1) is 0 Å². The highest BCUT2D eigenvalue weighted by molar-refractivity contribution is 5.95. The summed E-state index contributed by atoms with van der Waals surface area (Å²) < 4.78 is 16.3. The van der Waals surface area contributed by atoms with E-state index < -0.39 is 0 Å². The molecule has 0 bridgehead atoms. The molecule has 2 amide bonds. The zero-order valence-corrected chi connectivity index (χ0v) is 16.3. The fourth-order valence-electron chi connectivity index (χ4n) is 3.24. The van der Waals surface area contributed by atoms with E-state index in [4.69, 9.17) is 13.9 Å². The molecule has 0 aliphatic carbocycles. The monoisotopic (exact) mass is 386 g/mol. The van der Waals surface area contributed by atoms with Crippen molar-refractivity contribution in [3.8, 4) is 11.5 Å². The maximum absolute atomic E-state index is 12.6. The van der Waals surface area contributed by atoms with Crippen molar-refractivity contribution in [1.82, 2.24) is 10.2 Å². The zero-order chi connectivity index (χ0) is 19.9. The lowest BCUT2D eigenvalue weighted by atomic mass is 10.0. The standard InChI is InChI=1S/C21H26N2O5/c1-3-26-17-8-7-15(14-19(17)27-4-2)20(24)22-16-9-11-23(12-10-16)21(25)18-6-5-13-28-18/h5-8,13-14,16H,3-4,9-12H2,1-2H3,(H,22,24). The summed E-state index contributed by atoms with van der Waals surface area (Å²) in [5, 5.41) is 3.05. The summed E-state index contributed by atoms with van der Waals surface area (Å²) in [5.74, 6) is 1.28. The van der Waals surface area contributed by atoms with Gasteiger partial charge in [-0.25, -0.2) is 0 Å². The molecule has 1 N–H and O–H groups in total. The first-order valence-electron chi connectivity index (χ1n) is 9.65. The first-order valence-corrected chi connectivity index (χ1v) is 9.65. The van der Waals surface area contributed by atoms with Crippen LogP contribution in [0, 0.1) is 0 Å². The number of furan rings is 1. The van der Waals surface area contributed by atoms with Gasteiger partial charge in [0.1, 0.15) is 0 Å². The molecule has 0 radical (unpaired) electrons. The highest BCUT2D eigenvalue weighted by Crippen LogP contribution is 2.28. The van der Waals surface area contributed by atoms with E-state index in [0.29, 0.717) is 62.0 Å². The number of hydrogen-bond donors (Lipinski definition) is 1. The van der Waals surface area contributed by atoms with Gasteiger partial charge in [-0.3, -0.25) is 9.59 Å². The molecule has 2 heterocycles. The van der Waals surface area contributed by atoms with Crippen molar-refractivity contribution >= 4 is 11.8 Å². The van der Waals surface area contributed by atoms with Crippen LogP contribution in [-0.2, 0) is 0 Å². The number of benzene rings is 1. The van der Waals surface area contributed by atoms with Gasteiger partial charge in [0.05, 0.1) is 19.5 Å². The van der Waals surface area contributed by atoms with Crippen LogP contribution < -0.4 is 14.8 Å². The van der Waals surface area contributed by atoms with Gasteiger partial charge in [0.25, 0.3) is 11.8 Å². The first-order chi connectivity index (χ1) is 13.6. The van der Waals surface area contributed by atoms with Crippen LogP contribution in [0.5, 0.6) is 11.5 Å². The average molecular weight is 386 g/mol. The molecule has 0 spiro atoms. The smallest absolute Gasteiger partial charge is 0.289 e. The Morgan fingerprint density at radius 3 is 2.46 bits per heavy atom. The van der Waals surface area contributed by atoms with Crippen molar-refractivity contribution in [3.05, 3.63) is 47.9 Å². The Hall–Kier alpha value is -2.96. The Balaban J connectivity index is 1.57. The Morgan fingerprint density at radius 1 is 1.11 bits per heavy atom. The van der Waals surface area contributed by atoms with Gasteiger partial charge >= 0.3 is 0 Å². The van der Waals surface area contributed by atoms with E-state index in [1.54, 1.807) is 35.2 Å². The molecule has 1 saturated heterocycles. The van der Waals surface area contributed by atoms with Crippen LogP contribution >= 0.6 is 0 Å². The summed E-state index contributed by atoms with van der Waals surface area (Å²) >= 11 is 0.